The summed E-state index contributed by atoms with van der Waals surface area (Å²) in [6, 6.07) is 3.50. The summed E-state index contributed by atoms with van der Waals surface area (Å²) in [6.07, 6.45) is 0. The minimum Gasteiger partial charge on any atom is -0.489 e. The third-order valence-electron chi connectivity index (χ3n) is 2.08. The van der Waals surface area contributed by atoms with Crippen molar-refractivity contribution in [2.45, 2.75) is 13.8 Å². The number of benzene rings is 1. The fourth-order valence-corrected chi connectivity index (χ4v) is 0.915. The molecule has 0 aliphatic carbocycles. The number of halogens is 2. The van der Waals surface area contributed by atoms with Crippen LogP contribution in [0.1, 0.15) is 13.8 Å². The molecule has 5 heteroatoms. The molecule has 0 aliphatic heterocycles. The van der Waals surface area contributed by atoms with E-state index in [4.69, 9.17) is 9.84 Å². The fraction of sp³-hybridized carbons (Fsp3) is 0.364. The lowest BCUT2D eigenvalue weighted by molar-refractivity contribution is -0.148. The molecule has 0 aromatic heterocycles. The highest BCUT2D eigenvalue weighted by Gasteiger charge is 2.28. The Labute approximate surface area is 91.7 Å². The summed E-state index contributed by atoms with van der Waals surface area (Å²) >= 11 is 0. The molecule has 16 heavy (non-hydrogen) atoms. The molecule has 3 nitrogen and oxygen atoms in total. The molecule has 1 aromatic rings. The summed E-state index contributed by atoms with van der Waals surface area (Å²) in [4.78, 5) is 10.7. The summed E-state index contributed by atoms with van der Waals surface area (Å²) in [5.74, 6) is -3.48. The lowest BCUT2D eigenvalue weighted by Crippen LogP contribution is -2.30. The van der Waals surface area contributed by atoms with Gasteiger partial charge in [-0.2, -0.15) is 4.39 Å². The van der Waals surface area contributed by atoms with Crippen molar-refractivity contribution in [3.05, 3.63) is 29.8 Å². The number of rotatable bonds is 4. The number of carboxylic acids is 1. The molecule has 0 fully saturated rings. The molecule has 1 rings (SSSR count). The van der Waals surface area contributed by atoms with Gasteiger partial charge in [-0.1, -0.05) is 6.07 Å². The summed E-state index contributed by atoms with van der Waals surface area (Å²) in [7, 11) is 0. The molecule has 0 amide bonds. The van der Waals surface area contributed by atoms with Gasteiger partial charge in [-0.25, -0.2) is 4.39 Å². The van der Waals surface area contributed by atoms with Gasteiger partial charge in [-0.3, -0.25) is 4.79 Å². The van der Waals surface area contributed by atoms with E-state index in [-0.39, 0.29) is 12.4 Å². The van der Waals surface area contributed by atoms with Crippen LogP contribution in [0, 0.1) is 17.0 Å². The molecule has 0 saturated carbocycles. The zero-order valence-electron chi connectivity index (χ0n) is 8.96. The first-order valence-electron chi connectivity index (χ1n) is 4.65. The lowest BCUT2D eigenvalue weighted by Gasteiger charge is -2.19. The van der Waals surface area contributed by atoms with Gasteiger partial charge in [-0.15, -0.1) is 0 Å². The number of carbonyl (C=O) groups is 1. The molecule has 0 radical (unpaired) electrons. The van der Waals surface area contributed by atoms with Crippen LogP contribution in [0.2, 0.25) is 0 Å². The van der Waals surface area contributed by atoms with Gasteiger partial charge in [0.25, 0.3) is 0 Å². The fourth-order valence-electron chi connectivity index (χ4n) is 0.915. The summed E-state index contributed by atoms with van der Waals surface area (Å²) in [5.41, 5.74) is -1.15. The van der Waals surface area contributed by atoms with Crippen LogP contribution >= 0.6 is 0 Å². The van der Waals surface area contributed by atoms with Crippen LogP contribution in [0.4, 0.5) is 8.78 Å². The van der Waals surface area contributed by atoms with Gasteiger partial charge in [0.1, 0.15) is 6.61 Å². The van der Waals surface area contributed by atoms with Crippen LogP contribution in [-0.2, 0) is 4.79 Å². The van der Waals surface area contributed by atoms with E-state index in [0.717, 1.165) is 6.07 Å². The van der Waals surface area contributed by atoms with E-state index in [1.807, 2.05) is 0 Å². The molecule has 0 saturated heterocycles. The number of carboxylic acid groups (broad SMARTS) is 1. The Kier molecular flexibility index (Phi) is 3.47. The van der Waals surface area contributed by atoms with Crippen LogP contribution < -0.4 is 4.74 Å². The van der Waals surface area contributed by atoms with Crippen molar-refractivity contribution in [3.8, 4) is 5.75 Å². The zero-order chi connectivity index (χ0) is 12.3. The van der Waals surface area contributed by atoms with Gasteiger partial charge < -0.3 is 9.84 Å². The summed E-state index contributed by atoms with van der Waals surface area (Å²) in [5, 5.41) is 8.80. The van der Waals surface area contributed by atoms with Gasteiger partial charge in [0.05, 0.1) is 5.41 Å². The number of ether oxygens (including phenoxy) is 1. The normalized spacial score (nSPS) is 11.2. The third-order valence-corrected chi connectivity index (χ3v) is 2.08. The van der Waals surface area contributed by atoms with Gasteiger partial charge in [-0.05, 0) is 26.0 Å². The topological polar surface area (TPSA) is 46.5 Å². The molecular formula is C11H12F2O3. The minimum atomic E-state index is -1.15. The van der Waals surface area contributed by atoms with Gasteiger partial charge in [0.15, 0.2) is 11.6 Å². The Hall–Kier alpha value is -1.65. The maximum absolute atomic E-state index is 13.1. The van der Waals surface area contributed by atoms with E-state index in [1.54, 1.807) is 0 Å². The highest BCUT2D eigenvalue weighted by Crippen LogP contribution is 2.22. The highest BCUT2D eigenvalue weighted by molar-refractivity contribution is 5.73. The van der Waals surface area contributed by atoms with Crippen molar-refractivity contribution in [2.24, 2.45) is 5.41 Å². The van der Waals surface area contributed by atoms with Crippen molar-refractivity contribution < 1.29 is 23.4 Å². The quantitative estimate of drug-likeness (QED) is 0.864. The molecule has 0 bridgehead atoms. The second kappa shape index (κ2) is 4.47. The average molecular weight is 230 g/mol. The SMILES string of the molecule is CC(C)(COc1cccc(F)c1F)C(=O)O. The van der Waals surface area contributed by atoms with Crippen molar-refractivity contribution in [2.75, 3.05) is 6.61 Å². The minimum absolute atomic E-state index is 0.233. The third kappa shape index (κ3) is 2.68. The lowest BCUT2D eigenvalue weighted by atomic mass is 9.95. The summed E-state index contributed by atoms with van der Waals surface area (Å²) < 4.78 is 30.9. The number of hydrogen-bond acceptors (Lipinski definition) is 2. The first-order valence-corrected chi connectivity index (χ1v) is 4.65. The molecule has 0 heterocycles. The van der Waals surface area contributed by atoms with E-state index in [1.165, 1.54) is 26.0 Å². The Morgan fingerprint density at radius 1 is 1.44 bits per heavy atom. The molecule has 1 N–H and O–H groups in total. The maximum Gasteiger partial charge on any atom is 0.312 e. The molecule has 0 aliphatic rings. The van der Waals surface area contributed by atoms with Crippen molar-refractivity contribution >= 4 is 5.97 Å². The van der Waals surface area contributed by atoms with Crippen LogP contribution in [-0.4, -0.2) is 17.7 Å². The van der Waals surface area contributed by atoms with Crippen LogP contribution in [0.15, 0.2) is 18.2 Å². The van der Waals surface area contributed by atoms with E-state index in [0.29, 0.717) is 0 Å². The molecule has 88 valence electrons. The second-order valence-corrected chi connectivity index (χ2v) is 4.03. The Bertz CT molecular complexity index is 402. The van der Waals surface area contributed by atoms with Gasteiger partial charge >= 0.3 is 5.97 Å². The largest absolute Gasteiger partial charge is 0.489 e. The number of hydrogen-bond donors (Lipinski definition) is 1. The van der Waals surface area contributed by atoms with Gasteiger partial charge in [0.2, 0.25) is 5.82 Å². The number of aliphatic carboxylic acids is 1. The maximum atomic E-state index is 13.1. The second-order valence-electron chi connectivity index (χ2n) is 4.03. The van der Waals surface area contributed by atoms with Crippen LogP contribution in [0.5, 0.6) is 5.75 Å². The predicted octanol–water partition coefficient (Wildman–Crippen LogP) is 2.45. The van der Waals surface area contributed by atoms with E-state index in [2.05, 4.69) is 0 Å². The highest BCUT2D eigenvalue weighted by atomic mass is 19.2. The van der Waals surface area contributed by atoms with E-state index in [9.17, 15) is 13.6 Å². The Balaban J connectivity index is 2.76. The van der Waals surface area contributed by atoms with E-state index >= 15 is 0 Å². The van der Waals surface area contributed by atoms with Crippen molar-refractivity contribution in [1.29, 1.82) is 0 Å². The van der Waals surface area contributed by atoms with Gasteiger partial charge in [0, 0.05) is 0 Å². The standard InChI is InChI=1S/C11H12F2O3/c1-11(2,10(14)15)6-16-8-5-3-4-7(12)9(8)13/h3-5H,6H2,1-2H3,(H,14,15). The first-order chi connectivity index (χ1) is 7.34. The molecule has 0 spiro atoms. The van der Waals surface area contributed by atoms with Crippen molar-refractivity contribution in [1.82, 2.24) is 0 Å². The molecule has 0 unspecified atom stereocenters. The molecule has 0 atom stereocenters. The monoisotopic (exact) mass is 230 g/mol. The van der Waals surface area contributed by atoms with Crippen LogP contribution in [0.3, 0.4) is 0 Å². The Morgan fingerprint density at radius 2 is 2.06 bits per heavy atom. The zero-order valence-corrected chi connectivity index (χ0v) is 8.96. The van der Waals surface area contributed by atoms with Crippen LogP contribution in [0.25, 0.3) is 0 Å². The molecular weight excluding hydrogens is 218 g/mol. The van der Waals surface area contributed by atoms with E-state index < -0.39 is 23.0 Å². The van der Waals surface area contributed by atoms with Crippen molar-refractivity contribution in [3.63, 3.8) is 0 Å². The predicted molar refractivity (Wildman–Crippen MR) is 53.3 cm³/mol. The Morgan fingerprint density at radius 3 is 2.62 bits per heavy atom. The summed E-state index contributed by atoms with van der Waals surface area (Å²) in [6.45, 7) is 2.64. The average Bonchev–Trinajstić information content (AvgIpc) is 2.20. The molecule has 1 aromatic carbocycles. The smallest absolute Gasteiger partial charge is 0.312 e. The first kappa shape index (κ1) is 12.4.